The molecule has 1 heterocycles. The maximum Gasteiger partial charge on any atom is 0.338 e. The molecule has 18 heavy (non-hydrogen) atoms. The van der Waals surface area contributed by atoms with Crippen molar-refractivity contribution in [3.63, 3.8) is 0 Å². The van der Waals surface area contributed by atoms with E-state index in [1.807, 2.05) is 6.07 Å². The van der Waals surface area contributed by atoms with Crippen LogP contribution in [0.15, 0.2) is 46.3 Å². The highest BCUT2D eigenvalue weighted by molar-refractivity contribution is 7.99. The fourth-order valence-corrected chi connectivity index (χ4v) is 2.72. The number of hydrogen-bond donors (Lipinski definition) is 1. The van der Waals surface area contributed by atoms with Gasteiger partial charge in [-0.3, -0.25) is 0 Å². The number of rotatable bonds is 3. The molecule has 0 aliphatic heterocycles. The summed E-state index contributed by atoms with van der Waals surface area (Å²) in [5, 5.41) is 10.2. The van der Waals surface area contributed by atoms with Crippen molar-refractivity contribution in [3.05, 3.63) is 52.1 Å². The van der Waals surface area contributed by atoms with Gasteiger partial charge in [-0.15, -0.1) is 0 Å². The summed E-state index contributed by atoms with van der Waals surface area (Å²) in [6.45, 7) is 0. The van der Waals surface area contributed by atoms with Crippen LogP contribution in [0.25, 0.3) is 0 Å². The lowest BCUT2D eigenvalue weighted by atomic mass is 10.3. The summed E-state index contributed by atoms with van der Waals surface area (Å²) in [6.07, 6.45) is 0. The summed E-state index contributed by atoms with van der Waals surface area (Å²) in [4.78, 5) is 15.9. The smallest absolute Gasteiger partial charge is 0.338 e. The summed E-state index contributed by atoms with van der Waals surface area (Å²) in [5.41, 5.74) is 0.115. The summed E-state index contributed by atoms with van der Waals surface area (Å²) in [5.74, 6) is -1.04. The van der Waals surface area contributed by atoms with Gasteiger partial charge in [-0.25, -0.2) is 9.78 Å². The largest absolute Gasteiger partial charge is 0.478 e. The van der Waals surface area contributed by atoms with Crippen LogP contribution in [0.5, 0.6) is 0 Å². The van der Waals surface area contributed by atoms with Crippen LogP contribution in [0.4, 0.5) is 0 Å². The van der Waals surface area contributed by atoms with Gasteiger partial charge >= 0.3 is 5.97 Å². The van der Waals surface area contributed by atoms with Crippen molar-refractivity contribution in [3.8, 4) is 0 Å². The normalized spacial score (nSPS) is 10.3. The predicted octanol–water partition coefficient (Wildman–Crippen LogP) is 4.24. The first kappa shape index (κ1) is 13.2. The van der Waals surface area contributed by atoms with Gasteiger partial charge in [0.25, 0.3) is 0 Å². The molecule has 1 aromatic heterocycles. The molecule has 2 aromatic rings. The first-order valence-corrected chi connectivity index (χ1v) is 6.47. The van der Waals surface area contributed by atoms with Crippen LogP contribution in [0.2, 0.25) is 10.2 Å². The van der Waals surface area contributed by atoms with E-state index in [1.165, 1.54) is 23.9 Å². The van der Waals surface area contributed by atoms with Gasteiger partial charge in [0.2, 0.25) is 0 Å². The quantitative estimate of drug-likeness (QED) is 0.861. The molecule has 0 aliphatic carbocycles. The third-order valence-corrected chi connectivity index (χ3v) is 3.51. The van der Waals surface area contributed by atoms with Gasteiger partial charge in [0.1, 0.15) is 10.2 Å². The fourth-order valence-electron chi connectivity index (χ4n) is 1.30. The first-order valence-electron chi connectivity index (χ1n) is 4.89. The second-order valence-corrected chi connectivity index (χ2v) is 5.24. The molecule has 2 rings (SSSR count). The highest BCUT2D eigenvalue weighted by Crippen LogP contribution is 2.31. The highest BCUT2D eigenvalue weighted by atomic mass is 35.5. The Hall–Kier alpha value is -1.23. The number of nitrogens with zero attached hydrogens (tertiary/aromatic N) is 1. The molecular formula is C12H7Cl2NO2S. The molecule has 0 spiro atoms. The standard InChI is InChI=1S/C12H7Cl2NO2S/c13-7-2-1-3-8(6-7)18-11-9(12(16)17)4-5-10(14)15-11/h1-6H,(H,16,17). The molecular weight excluding hydrogens is 293 g/mol. The van der Waals surface area contributed by atoms with Crippen LogP contribution in [0.1, 0.15) is 10.4 Å². The minimum absolute atomic E-state index is 0.115. The maximum absolute atomic E-state index is 11.1. The van der Waals surface area contributed by atoms with Crippen molar-refractivity contribution in [1.29, 1.82) is 0 Å². The molecule has 0 amide bonds. The summed E-state index contributed by atoms with van der Waals surface area (Å²) >= 11 is 12.9. The van der Waals surface area contributed by atoms with E-state index in [-0.39, 0.29) is 10.7 Å². The minimum Gasteiger partial charge on any atom is -0.478 e. The third-order valence-electron chi connectivity index (χ3n) is 2.07. The van der Waals surface area contributed by atoms with Gasteiger partial charge in [0, 0.05) is 9.92 Å². The Balaban J connectivity index is 2.39. The van der Waals surface area contributed by atoms with Crippen molar-refractivity contribution in [1.82, 2.24) is 4.98 Å². The van der Waals surface area contributed by atoms with Crippen molar-refractivity contribution in [2.75, 3.05) is 0 Å². The molecule has 0 radical (unpaired) electrons. The number of aromatic nitrogens is 1. The van der Waals surface area contributed by atoms with E-state index in [1.54, 1.807) is 18.2 Å². The average molecular weight is 300 g/mol. The number of aromatic carboxylic acids is 1. The summed E-state index contributed by atoms with van der Waals surface area (Å²) in [6, 6.07) is 9.98. The molecule has 0 fully saturated rings. The lowest BCUT2D eigenvalue weighted by molar-refractivity contribution is 0.0692. The second-order valence-electron chi connectivity index (χ2n) is 3.35. The van der Waals surface area contributed by atoms with Gasteiger partial charge < -0.3 is 5.11 Å². The number of carboxylic acids is 1. The van der Waals surface area contributed by atoms with Gasteiger partial charge in [0.05, 0.1) is 5.56 Å². The van der Waals surface area contributed by atoms with Crippen LogP contribution in [-0.4, -0.2) is 16.1 Å². The lowest BCUT2D eigenvalue weighted by Crippen LogP contribution is -2.00. The Kier molecular flexibility index (Phi) is 4.11. The fraction of sp³-hybridized carbons (Fsp3) is 0. The van der Waals surface area contributed by atoms with Crippen molar-refractivity contribution in [2.45, 2.75) is 9.92 Å². The highest BCUT2D eigenvalue weighted by Gasteiger charge is 2.13. The molecule has 6 heteroatoms. The monoisotopic (exact) mass is 299 g/mol. The number of benzene rings is 1. The Bertz CT molecular complexity index is 604. The molecule has 0 atom stereocenters. The van der Waals surface area contributed by atoms with E-state index in [0.717, 1.165) is 4.90 Å². The Morgan fingerprint density at radius 3 is 2.67 bits per heavy atom. The van der Waals surface area contributed by atoms with Crippen LogP contribution in [-0.2, 0) is 0 Å². The SMILES string of the molecule is O=C(O)c1ccc(Cl)nc1Sc1cccc(Cl)c1. The number of carbonyl (C=O) groups is 1. The number of halogens is 2. The third kappa shape index (κ3) is 3.16. The summed E-state index contributed by atoms with van der Waals surface area (Å²) in [7, 11) is 0. The second kappa shape index (κ2) is 5.61. The molecule has 0 unspecified atom stereocenters. The van der Waals surface area contributed by atoms with Gasteiger partial charge in [0.15, 0.2) is 0 Å². The van der Waals surface area contributed by atoms with E-state index < -0.39 is 5.97 Å². The van der Waals surface area contributed by atoms with Crippen LogP contribution in [0, 0.1) is 0 Å². The van der Waals surface area contributed by atoms with Crippen molar-refractivity contribution >= 4 is 40.9 Å². The molecule has 92 valence electrons. The van der Waals surface area contributed by atoms with E-state index in [9.17, 15) is 4.79 Å². The zero-order valence-electron chi connectivity index (χ0n) is 8.93. The van der Waals surface area contributed by atoms with Crippen molar-refractivity contribution < 1.29 is 9.90 Å². The summed E-state index contributed by atoms with van der Waals surface area (Å²) < 4.78 is 0. The van der Waals surface area contributed by atoms with Crippen LogP contribution >= 0.6 is 35.0 Å². The number of carboxylic acid groups (broad SMARTS) is 1. The average Bonchev–Trinajstić information content (AvgIpc) is 2.28. The van der Waals surface area contributed by atoms with E-state index in [0.29, 0.717) is 10.0 Å². The van der Waals surface area contributed by atoms with Gasteiger partial charge in [-0.2, -0.15) is 0 Å². The Morgan fingerprint density at radius 2 is 2.00 bits per heavy atom. The first-order chi connectivity index (χ1) is 8.56. The molecule has 0 aliphatic rings. The molecule has 1 N–H and O–H groups in total. The number of hydrogen-bond acceptors (Lipinski definition) is 3. The van der Waals surface area contributed by atoms with Gasteiger partial charge in [-0.1, -0.05) is 41.0 Å². The zero-order chi connectivity index (χ0) is 13.1. The van der Waals surface area contributed by atoms with E-state index in [4.69, 9.17) is 28.3 Å². The predicted molar refractivity (Wildman–Crippen MR) is 71.8 cm³/mol. The molecule has 0 bridgehead atoms. The van der Waals surface area contributed by atoms with Crippen molar-refractivity contribution in [2.24, 2.45) is 0 Å². The zero-order valence-corrected chi connectivity index (χ0v) is 11.3. The lowest BCUT2D eigenvalue weighted by Gasteiger charge is -2.05. The maximum atomic E-state index is 11.1. The molecule has 3 nitrogen and oxygen atoms in total. The van der Waals surface area contributed by atoms with E-state index in [2.05, 4.69) is 4.98 Å². The van der Waals surface area contributed by atoms with Crippen LogP contribution < -0.4 is 0 Å². The van der Waals surface area contributed by atoms with Crippen LogP contribution in [0.3, 0.4) is 0 Å². The Labute approximate surface area is 118 Å². The Morgan fingerprint density at radius 1 is 1.22 bits per heavy atom. The molecule has 0 saturated carbocycles. The van der Waals surface area contributed by atoms with Gasteiger partial charge in [-0.05, 0) is 30.3 Å². The minimum atomic E-state index is -1.04. The molecule has 1 aromatic carbocycles. The topological polar surface area (TPSA) is 50.2 Å². The number of pyridine rings is 1. The molecule has 0 saturated heterocycles. The van der Waals surface area contributed by atoms with E-state index >= 15 is 0 Å².